The molecule has 2 fully saturated rings. The third-order valence-electron chi connectivity index (χ3n) is 9.64. The number of carbonyl (C=O) groups is 1. The van der Waals surface area contributed by atoms with E-state index >= 15 is 0 Å². The zero-order valence-corrected chi connectivity index (χ0v) is 26.6. The van der Waals surface area contributed by atoms with Crippen molar-refractivity contribution in [1.29, 1.82) is 0 Å². The molecule has 266 valence electrons. The molecule has 15 nitrogen and oxygen atoms in total. The number of aliphatic hydroxyl groups excluding tert-OH is 5. The lowest BCUT2D eigenvalue weighted by Gasteiger charge is -2.43. The summed E-state index contributed by atoms with van der Waals surface area (Å²) in [5.74, 6) is -2.57. The Morgan fingerprint density at radius 3 is 2.51 bits per heavy atom. The first kappa shape index (κ1) is 34.9. The number of benzene rings is 2. The van der Waals surface area contributed by atoms with Crippen LogP contribution < -0.4 is 9.47 Å². The highest BCUT2D eigenvalue weighted by molar-refractivity contribution is 5.87. The maximum atomic E-state index is 13.0. The molecule has 6 rings (SSSR count). The van der Waals surface area contributed by atoms with Gasteiger partial charge in [0.1, 0.15) is 36.6 Å². The van der Waals surface area contributed by atoms with Crippen LogP contribution in [0.1, 0.15) is 42.1 Å². The van der Waals surface area contributed by atoms with Crippen molar-refractivity contribution in [2.24, 2.45) is 11.8 Å². The highest BCUT2D eigenvalue weighted by atomic mass is 16.8. The lowest BCUT2D eigenvalue weighted by molar-refractivity contribution is -0.346. The molecular weight excluding hydrogens is 648 g/mol. The monoisotopic (exact) mass is 688 g/mol. The van der Waals surface area contributed by atoms with Gasteiger partial charge < -0.3 is 69.3 Å². The lowest BCUT2D eigenvalue weighted by Crippen LogP contribution is -2.60. The van der Waals surface area contributed by atoms with Crippen LogP contribution in [-0.2, 0) is 23.7 Å². The normalized spacial score (nSPS) is 36.5. The minimum atomic E-state index is -1.68. The van der Waals surface area contributed by atoms with E-state index in [0.717, 1.165) is 0 Å². The Hall–Kier alpha value is -3.93. The Morgan fingerprint density at radius 2 is 1.80 bits per heavy atom. The van der Waals surface area contributed by atoms with Gasteiger partial charge in [-0.3, -0.25) is 0 Å². The molecule has 0 bridgehead atoms. The largest absolute Gasteiger partial charge is 0.504 e. The van der Waals surface area contributed by atoms with Crippen molar-refractivity contribution in [3.63, 3.8) is 0 Å². The van der Waals surface area contributed by atoms with Gasteiger partial charge in [-0.2, -0.15) is 0 Å². The van der Waals surface area contributed by atoms with Crippen molar-refractivity contribution < 1.29 is 74.1 Å². The third kappa shape index (κ3) is 6.56. The molecule has 0 aromatic heterocycles. The molecule has 1 saturated carbocycles. The quantitative estimate of drug-likeness (QED) is 0.131. The smallest absolute Gasteiger partial charge is 0.331 e. The van der Waals surface area contributed by atoms with E-state index in [0.29, 0.717) is 16.7 Å². The zero-order valence-electron chi connectivity index (χ0n) is 26.6. The first-order chi connectivity index (χ1) is 23.4. The summed E-state index contributed by atoms with van der Waals surface area (Å²) in [5.41, 5.74) is 0.0691. The molecule has 1 aliphatic carbocycles. The lowest BCUT2D eigenvalue weighted by atomic mass is 9.85. The molecule has 3 heterocycles. The fourth-order valence-electron chi connectivity index (χ4n) is 7.14. The van der Waals surface area contributed by atoms with Crippen molar-refractivity contribution in [3.8, 4) is 23.0 Å². The summed E-state index contributed by atoms with van der Waals surface area (Å²) in [6.07, 6.45) is -4.84. The van der Waals surface area contributed by atoms with Crippen LogP contribution in [0.2, 0.25) is 0 Å². The highest BCUT2D eigenvalue weighted by Crippen LogP contribution is 2.51. The Kier molecular flexibility index (Phi) is 9.81. The Labute approximate surface area is 280 Å². The van der Waals surface area contributed by atoms with Crippen molar-refractivity contribution in [2.45, 2.75) is 74.1 Å². The summed E-state index contributed by atoms with van der Waals surface area (Å²) in [7, 11) is 1.41. The number of esters is 1. The van der Waals surface area contributed by atoms with Gasteiger partial charge in [-0.15, -0.1) is 0 Å². The van der Waals surface area contributed by atoms with Gasteiger partial charge in [0.05, 0.1) is 44.0 Å². The first-order valence-electron chi connectivity index (χ1n) is 15.8. The number of methoxy groups -OCH3 is 1. The van der Waals surface area contributed by atoms with Crippen LogP contribution in [0.3, 0.4) is 0 Å². The average molecular weight is 689 g/mol. The van der Waals surface area contributed by atoms with Gasteiger partial charge in [0.15, 0.2) is 29.3 Å². The number of aromatic hydroxyl groups is 2. The van der Waals surface area contributed by atoms with E-state index in [-0.39, 0.29) is 36.0 Å². The molecule has 15 heteroatoms. The molecule has 2 aromatic rings. The van der Waals surface area contributed by atoms with E-state index in [1.807, 2.05) is 0 Å². The van der Waals surface area contributed by atoms with Crippen molar-refractivity contribution in [3.05, 3.63) is 65.4 Å². The van der Waals surface area contributed by atoms with E-state index < -0.39 is 85.1 Å². The predicted molar refractivity (Wildman–Crippen MR) is 166 cm³/mol. The van der Waals surface area contributed by atoms with Crippen LogP contribution in [0.25, 0.3) is 6.08 Å². The molecule has 12 atom stereocenters. The fraction of sp³-hybridized carbons (Fsp3) is 0.500. The maximum absolute atomic E-state index is 13.0. The number of phenols is 2. The zero-order chi connectivity index (χ0) is 35.2. The van der Waals surface area contributed by atoms with Crippen LogP contribution in [0.4, 0.5) is 0 Å². The molecule has 1 saturated heterocycles. The van der Waals surface area contributed by atoms with Gasteiger partial charge in [-0.05, 0) is 54.5 Å². The predicted octanol–water partition coefficient (Wildman–Crippen LogP) is 0.315. The minimum Gasteiger partial charge on any atom is -0.504 e. The van der Waals surface area contributed by atoms with E-state index in [9.17, 15) is 45.6 Å². The molecule has 49 heavy (non-hydrogen) atoms. The summed E-state index contributed by atoms with van der Waals surface area (Å²) in [5, 5.41) is 82.5. The number of fused-ring (bicyclic) bond motifs is 2. The molecule has 3 aliphatic heterocycles. The topological polar surface area (TPSA) is 234 Å². The molecule has 2 aromatic carbocycles. The van der Waals surface area contributed by atoms with Crippen LogP contribution in [0.5, 0.6) is 23.0 Å². The fourth-order valence-corrected chi connectivity index (χ4v) is 7.14. The van der Waals surface area contributed by atoms with Gasteiger partial charge in [0.25, 0.3) is 0 Å². The summed E-state index contributed by atoms with van der Waals surface area (Å²) >= 11 is 0. The summed E-state index contributed by atoms with van der Waals surface area (Å²) in [4.78, 5) is 13.0. The van der Waals surface area contributed by atoms with Crippen LogP contribution >= 0.6 is 0 Å². The van der Waals surface area contributed by atoms with E-state index in [1.165, 1.54) is 44.6 Å². The van der Waals surface area contributed by atoms with Crippen molar-refractivity contribution in [1.82, 2.24) is 0 Å². The first-order valence-corrected chi connectivity index (χ1v) is 15.8. The van der Waals surface area contributed by atoms with Gasteiger partial charge in [-0.1, -0.05) is 6.07 Å². The summed E-state index contributed by atoms with van der Waals surface area (Å²) in [6, 6.07) is 7.74. The molecule has 0 amide bonds. The van der Waals surface area contributed by atoms with Gasteiger partial charge in [0, 0.05) is 24.0 Å². The van der Waals surface area contributed by atoms with Gasteiger partial charge in [0.2, 0.25) is 6.29 Å². The Morgan fingerprint density at radius 1 is 1.02 bits per heavy atom. The number of ether oxygens (including phenoxy) is 6. The van der Waals surface area contributed by atoms with Gasteiger partial charge in [-0.25, -0.2) is 4.79 Å². The second-order valence-electron chi connectivity index (χ2n) is 12.9. The van der Waals surface area contributed by atoms with Gasteiger partial charge >= 0.3 is 5.97 Å². The Balaban J connectivity index is 1.14. The Bertz CT molecular complexity index is 1590. The van der Waals surface area contributed by atoms with E-state index in [4.69, 9.17) is 28.4 Å². The van der Waals surface area contributed by atoms with Crippen LogP contribution in [-0.4, -0.2) is 116 Å². The summed E-state index contributed by atoms with van der Waals surface area (Å²) < 4.78 is 33.8. The second-order valence-corrected chi connectivity index (χ2v) is 12.9. The van der Waals surface area contributed by atoms with Crippen molar-refractivity contribution >= 4 is 12.0 Å². The third-order valence-corrected chi connectivity index (χ3v) is 9.64. The average Bonchev–Trinajstić information content (AvgIpc) is 3.58. The number of hydrogen-bond donors (Lipinski definition) is 8. The maximum Gasteiger partial charge on any atom is 0.331 e. The molecule has 0 spiro atoms. The number of carbonyl (C=O) groups excluding carboxylic acids is 1. The number of hydrogen-bond acceptors (Lipinski definition) is 15. The summed E-state index contributed by atoms with van der Waals surface area (Å²) in [6.45, 7) is 0.551. The number of phenolic OH excluding ortho intramolecular Hbond substituents is 2. The van der Waals surface area contributed by atoms with E-state index in [2.05, 4.69) is 0 Å². The highest BCUT2D eigenvalue weighted by Gasteiger charge is 2.58. The van der Waals surface area contributed by atoms with Crippen molar-refractivity contribution in [2.75, 3.05) is 20.3 Å². The molecular formula is C34H40O15. The number of aliphatic hydroxyl groups is 6. The molecule has 4 aliphatic rings. The second kappa shape index (κ2) is 13.8. The van der Waals surface area contributed by atoms with E-state index in [1.54, 1.807) is 24.3 Å². The van der Waals surface area contributed by atoms with Crippen LogP contribution in [0, 0.1) is 11.8 Å². The SMILES string of the molecule is COc1cc([C@@H]2Oc3c(O)cc(C=CC(=O)O[C@@H]4C[C@](C)(O)[C@H]5[C@H](O[C@@H]6O[C@H](CO)[C@@H](O)[C@H](O)[C@H]6O)OC=C[C@H]54)cc3[C@H]2CO)ccc1O. The molecule has 0 unspecified atom stereocenters. The molecule has 0 radical (unpaired) electrons. The van der Waals surface area contributed by atoms with Crippen LogP contribution in [0.15, 0.2) is 48.7 Å². The molecule has 8 N–H and O–H groups in total. The standard InChI is InChI=1S/C34H40O15/c1-34(43)12-23(17-7-8-45-32(26(17)34)49-33-29(42)28(41)27(40)24(14-36)47-33)46-25(39)6-3-15-9-18-19(13-35)30(48-31(18)21(38)10-15)16-4-5-20(37)22(11-16)44-2/h3-11,17,19,23-24,26-30,32-33,35-38,40-43H,12-14H2,1-2H3/t17-,19+,23+,24+,26+,27+,28-,29+,30-,32-,33-,34-/m0/s1. The minimum absolute atomic E-state index is 0.00272. The number of rotatable bonds is 9.